The van der Waals surface area contributed by atoms with Crippen LogP contribution in [0, 0.1) is 11.7 Å². The lowest BCUT2D eigenvalue weighted by Gasteiger charge is -2.38. The first-order valence-corrected chi connectivity index (χ1v) is 8.51. The second kappa shape index (κ2) is 5.20. The van der Waals surface area contributed by atoms with Gasteiger partial charge >= 0.3 is 0 Å². The van der Waals surface area contributed by atoms with Crippen LogP contribution in [0.5, 0.6) is 0 Å². The van der Waals surface area contributed by atoms with E-state index < -0.39 is 0 Å². The fourth-order valence-corrected chi connectivity index (χ4v) is 4.39. The van der Waals surface area contributed by atoms with Crippen LogP contribution in [-0.4, -0.2) is 0 Å². The minimum atomic E-state index is -0.154. The average Bonchev–Trinajstić information content (AvgIpc) is 3.11. The average molecular weight is 315 g/mol. The minimum absolute atomic E-state index is 0.154. The zero-order chi connectivity index (χ0) is 16.1. The van der Waals surface area contributed by atoms with Crippen LogP contribution >= 0.6 is 0 Å². The molecule has 1 aliphatic heterocycles. The van der Waals surface area contributed by atoms with Crippen LogP contribution in [0.15, 0.2) is 72.8 Å². The molecule has 2 aliphatic rings. The van der Waals surface area contributed by atoms with Gasteiger partial charge in [-0.1, -0.05) is 54.6 Å². The highest BCUT2D eigenvalue weighted by Gasteiger charge is 2.38. The Morgan fingerprint density at radius 3 is 2.75 bits per heavy atom. The van der Waals surface area contributed by atoms with Gasteiger partial charge < -0.3 is 5.32 Å². The number of hydrogen-bond acceptors (Lipinski definition) is 1. The smallest absolute Gasteiger partial charge is 0.123 e. The molecule has 0 unspecified atom stereocenters. The third-order valence-electron chi connectivity index (χ3n) is 5.48. The van der Waals surface area contributed by atoms with Gasteiger partial charge in [-0.3, -0.25) is 0 Å². The summed E-state index contributed by atoms with van der Waals surface area (Å²) in [5.41, 5.74) is 3.48. The lowest BCUT2D eigenvalue weighted by Crippen LogP contribution is -2.29. The van der Waals surface area contributed by atoms with Crippen molar-refractivity contribution < 1.29 is 4.39 Å². The lowest BCUT2D eigenvalue weighted by molar-refractivity contribution is 0.426. The number of anilines is 1. The predicted octanol–water partition coefficient (Wildman–Crippen LogP) is 5.81. The van der Waals surface area contributed by atoms with Gasteiger partial charge in [0.05, 0.1) is 6.04 Å². The lowest BCUT2D eigenvalue weighted by atomic mass is 9.76. The van der Waals surface area contributed by atoms with E-state index in [1.54, 1.807) is 12.1 Å². The Hall–Kier alpha value is -2.61. The van der Waals surface area contributed by atoms with Crippen molar-refractivity contribution in [2.75, 3.05) is 5.32 Å². The summed E-state index contributed by atoms with van der Waals surface area (Å²) in [4.78, 5) is 0. The summed E-state index contributed by atoms with van der Waals surface area (Å²) in [6.45, 7) is 0. The largest absolute Gasteiger partial charge is 0.378 e. The molecule has 0 radical (unpaired) electrons. The quantitative estimate of drug-likeness (QED) is 0.559. The number of rotatable bonds is 1. The molecule has 1 N–H and O–H groups in total. The number of fused-ring (bicyclic) bond motifs is 4. The maximum atomic E-state index is 13.7. The second-order valence-corrected chi connectivity index (χ2v) is 6.78. The Kier molecular flexibility index (Phi) is 2.99. The molecule has 2 heteroatoms. The molecular formula is C22H18FN. The van der Waals surface area contributed by atoms with Gasteiger partial charge in [0, 0.05) is 11.6 Å². The summed E-state index contributed by atoms with van der Waals surface area (Å²) in [5.74, 6) is 0.573. The van der Waals surface area contributed by atoms with Crippen LogP contribution < -0.4 is 5.32 Å². The topological polar surface area (TPSA) is 12.0 Å². The third-order valence-corrected chi connectivity index (χ3v) is 5.48. The van der Waals surface area contributed by atoms with Crippen molar-refractivity contribution in [3.05, 3.63) is 89.8 Å². The van der Waals surface area contributed by atoms with Gasteiger partial charge in [0.25, 0.3) is 0 Å². The maximum absolute atomic E-state index is 13.7. The summed E-state index contributed by atoms with van der Waals surface area (Å²) < 4.78 is 13.7. The molecule has 0 fully saturated rings. The van der Waals surface area contributed by atoms with E-state index in [1.807, 2.05) is 6.07 Å². The number of benzene rings is 3. The molecular weight excluding hydrogens is 297 g/mol. The Morgan fingerprint density at radius 2 is 1.79 bits per heavy atom. The fourth-order valence-electron chi connectivity index (χ4n) is 4.39. The molecule has 118 valence electrons. The van der Waals surface area contributed by atoms with Crippen LogP contribution in [0.4, 0.5) is 10.1 Å². The van der Waals surface area contributed by atoms with E-state index >= 15 is 0 Å². The summed E-state index contributed by atoms with van der Waals surface area (Å²) in [6, 6.07) is 20.4. The first kappa shape index (κ1) is 13.8. The van der Waals surface area contributed by atoms with Crippen molar-refractivity contribution in [3.8, 4) is 0 Å². The third kappa shape index (κ3) is 1.99. The van der Waals surface area contributed by atoms with Gasteiger partial charge in [-0.15, -0.1) is 0 Å². The van der Waals surface area contributed by atoms with Gasteiger partial charge in [0.15, 0.2) is 0 Å². The Balaban J connectivity index is 1.68. The number of hydrogen-bond donors (Lipinski definition) is 1. The van der Waals surface area contributed by atoms with Crippen molar-refractivity contribution in [1.82, 2.24) is 0 Å². The van der Waals surface area contributed by atoms with Gasteiger partial charge in [0.2, 0.25) is 0 Å². The molecule has 0 saturated carbocycles. The van der Waals surface area contributed by atoms with Crippen molar-refractivity contribution in [2.45, 2.75) is 18.4 Å². The Bertz CT molecular complexity index is 954. The van der Waals surface area contributed by atoms with Crippen molar-refractivity contribution in [3.63, 3.8) is 0 Å². The highest BCUT2D eigenvalue weighted by atomic mass is 19.1. The molecule has 0 spiro atoms. The number of nitrogens with one attached hydrogen (secondary N) is 1. The molecule has 24 heavy (non-hydrogen) atoms. The van der Waals surface area contributed by atoms with Crippen LogP contribution in [0.3, 0.4) is 0 Å². The van der Waals surface area contributed by atoms with Crippen molar-refractivity contribution in [1.29, 1.82) is 0 Å². The van der Waals surface area contributed by atoms with Gasteiger partial charge in [-0.25, -0.2) is 4.39 Å². The van der Waals surface area contributed by atoms with Gasteiger partial charge in [-0.05, 0) is 52.4 Å². The van der Waals surface area contributed by atoms with E-state index in [0.717, 1.165) is 17.7 Å². The summed E-state index contributed by atoms with van der Waals surface area (Å²) in [6.07, 6.45) is 5.53. The minimum Gasteiger partial charge on any atom is -0.378 e. The number of allylic oxidation sites excluding steroid dienone is 2. The van der Waals surface area contributed by atoms with E-state index in [1.165, 1.54) is 16.3 Å². The van der Waals surface area contributed by atoms with Crippen LogP contribution in [-0.2, 0) is 0 Å². The molecule has 0 bridgehead atoms. The molecule has 3 aromatic carbocycles. The van der Waals surface area contributed by atoms with Gasteiger partial charge in [-0.2, -0.15) is 0 Å². The first-order chi connectivity index (χ1) is 11.8. The normalized spacial score (nSPS) is 24.5. The van der Waals surface area contributed by atoms with E-state index in [9.17, 15) is 4.39 Å². The molecule has 1 aliphatic carbocycles. The van der Waals surface area contributed by atoms with E-state index in [0.29, 0.717) is 11.8 Å². The highest BCUT2D eigenvalue weighted by molar-refractivity contribution is 5.86. The fraction of sp³-hybridized carbons (Fsp3) is 0.182. The van der Waals surface area contributed by atoms with Crippen molar-refractivity contribution in [2.24, 2.45) is 5.92 Å². The van der Waals surface area contributed by atoms with Gasteiger partial charge in [0.1, 0.15) is 5.82 Å². The molecule has 3 aromatic rings. The zero-order valence-electron chi connectivity index (χ0n) is 13.2. The molecule has 0 aromatic heterocycles. The number of halogens is 1. The first-order valence-electron chi connectivity index (χ1n) is 8.51. The Labute approximate surface area is 140 Å². The molecule has 5 rings (SSSR count). The highest BCUT2D eigenvalue weighted by Crippen LogP contribution is 2.50. The molecule has 0 saturated heterocycles. The van der Waals surface area contributed by atoms with Crippen LogP contribution in [0.2, 0.25) is 0 Å². The second-order valence-electron chi connectivity index (χ2n) is 6.78. The zero-order valence-corrected chi connectivity index (χ0v) is 13.2. The Morgan fingerprint density at radius 1 is 0.917 bits per heavy atom. The molecule has 1 nitrogen and oxygen atoms in total. The SMILES string of the molecule is Fc1ccc2c(c1)[C@@H]1C=CC[C@@H]1[C@H](c1cccc3ccccc13)N2. The van der Waals surface area contributed by atoms with E-state index in [4.69, 9.17) is 0 Å². The standard InChI is InChI=1S/C22H18FN/c23-15-11-12-21-20(13-15)17-8-4-10-19(17)22(24-21)18-9-3-6-14-5-1-2-7-16(14)18/h1-9,11-13,17,19,22,24H,10H2/t17-,19+,22+/m1/s1. The van der Waals surface area contributed by atoms with Crippen molar-refractivity contribution >= 4 is 16.5 Å². The molecule has 1 heterocycles. The van der Waals surface area contributed by atoms with Crippen LogP contribution in [0.1, 0.15) is 29.5 Å². The monoisotopic (exact) mass is 315 g/mol. The maximum Gasteiger partial charge on any atom is 0.123 e. The summed E-state index contributed by atoms with van der Waals surface area (Å²) >= 11 is 0. The summed E-state index contributed by atoms with van der Waals surface area (Å²) in [7, 11) is 0. The molecule has 0 amide bonds. The predicted molar refractivity (Wildman–Crippen MR) is 96.7 cm³/mol. The summed E-state index contributed by atoms with van der Waals surface area (Å²) in [5, 5.41) is 6.26. The molecule has 3 atom stereocenters. The van der Waals surface area contributed by atoms with E-state index in [-0.39, 0.29) is 11.9 Å². The van der Waals surface area contributed by atoms with E-state index in [2.05, 4.69) is 59.9 Å². The van der Waals surface area contributed by atoms with Crippen LogP contribution in [0.25, 0.3) is 10.8 Å².